The van der Waals surface area contributed by atoms with Crippen molar-refractivity contribution in [3.05, 3.63) is 105 Å². The van der Waals surface area contributed by atoms with Crippen molar-refractivity contribution in [2.75, 3.05) is 6.54 Å². The molecular formula is C22H13F10N. The van der Waals surface area contributed by atoms with E-state index in [1.165, 1.54) is 0 Å². The number of halogens is 10. The Balaban J connectivity index is 2.02. The van der Waals surface area contributed by atoms with Crippen molar-refractivity contribution in [1.82, 2.24) is 4.90 Å². The molecule has 0 heterocycles. The molecule has 3 aromatic carbocycles. The van der Waals surface area contributed by atoms with Crippen LogP contribution in [0.2, 0.25) is 0 Å². The zero-order valence-corrected chi connectivity index (χ0v) is 16.4. The van der Waals surface area contributed by atoms with Crippen molar-refractivity contribution < 1.29 is 43.9 Å². The Morgan fingerprint density at radius 1 is 0.455 bits per heavy atom. The lowest BCUT2D eigenvalue weighted by Gasteiger charge is -2.24. The molecular weight excluding hydrogens is 468 g/mol. The van der Waals surface area contributed by atoms with Crippen LogP contribution in [0.5, 0.6) is 0 Å². The van der Waals surface area contributed by atoms with Crippen LogP contribution in [0.4, 0.5) is 43.9 Å². The van der Waals surface area contributed by atoms with Gasteiger partial charge in [0.1, 0.15) is 0 Å². The van der Waals surface area contributed by atoms with Gasteiger partial charge in [-0.1, -0.05) is 30.3 Å². The lowest BCUT2D eigenvalue weighted by Crippen LogP contribution is -2.29. The molecule has 0 aliphatic rings. The zero-order valence-electron chi connectivity index (χ0n) is 16.4. The molecule has 0 unspecified atom stereocenters. The summed E-state index contributed by atoms with van der Waals surface area (Å²) >= 11 is 0. The van der Waals surface area contributed by atoms with Crippen molar-refractivity contribution in [3.8, 4) is 0 Å². The van der Waals surface area contributed by atoms with Crippen LogP contribution in [-0.4, -0.2) is 11.4 Å². The molecule has 0 aliphatic heterocycles. The van der Waals surface area contributed by atoms with E-state index in [1.54, 1.807) is 30.3 Å². The number of hydrogen-bond donors (Lipinski definition) is 0. The van der Waals surface area contributed by atoms with Crippen molar-refractivity contribution in [2.24, 2.45) is 0 Å². The largest absolute Gasteiger partial charge is 0.294 e. The smallest absolute Gasteiger partial charge is 0.200 e. The summed E-state index contributed by atoms with van der Waals surface area (Å²) in [5.74, 6) is -22.4. The highest BCUT2D eigenvalue weighted by atomic mass is 19.2. The van der Waals surface area contributed by atoms with E-state index in [0.29, 0.717) is 5.56 Å². The minimum Gasteiger partial charge on any atom is -0.294 e. The van der Waals surface area contributed by atoms with Gasteiger partial charge in [0.25, 0.3) is 0 Å². The van der Waals surface area contributed by atoms with Crippen LogP contribution in [0.1, 0.15) is 16.7 Å². The van der Waals surface area contributed by atoms with Gasteiger partial charge in [0.05, 0.1) is 0 Å². The minimum atomic E-state index is -2.40. The van der Waals surface area contributed by atoms with E-state index in [0.717, 1.165) is 4.90 Å². The van der Waals surface area contributed by atoms with Gasteiger partial charge in [-0.2, -0.15) is 0 Å². The predicted molar refractivity (Wildman–Crippen MR) is 96.7 cm³/mol. The van der Waals surface area contributed by atoms with Crippen LogP contribution in [0.3, 0.4) is 0 Å². The van der Waals surface area contributed by atoms with Gasteiger partial charge in [-0.15, -0.1) is 0 Å². The highest BCUT2D eigenvalue weighted by Crippen LogP contribution is 2.27. The second-order valence-corrected chi connectivity index (χ2v) is 7.04. The van der Waals surface area contributed by atoms with Crippen molar-refractivity contribution in [3.63, 3.8) is 0 Å². The first-order valence-electron chi connectivity index (χ1n) is 9.31. The van der Waals surface area contributed by atoms with Crippen LogP contribution in [0, 0.1) is 58.2 Å². The first-order chi connectivity index (χ1) is 15.5. The fraction of sp³-hybridized carbons (Fsp3) is 0.182. The maximum atomic E-state index is 14.1. The second-order valence-electron chi connectivity index (χ2n) is 7.04. The predicted octanol–water partition coefficient (Wildman–Crippen LogP) is 6.32. The molecule has 0 saturated heterocycles. The summed E-state index contributed by atoms with van der Waals surface area (Å²) in [6.07, 6.45) is 0.0611. The monoisotopic (exact) mass is 481 g/mol. The van der Waals surface area contributed by atoms with Gasteiger partial charge in [-0.25, -0.2) is 43.9 Å². The Hall–Kier alpha value is -3.08. The highest BCUT2D eigenvalue weighted by Gasteiger charge is 2.30. The molecule has 0 bridgehead atoms. The first-order valence-corrected chi connectivity index (χ1v) is 9.31. The number of hydrogen-bond acceptors (Lipinski definition) is 1. The zero-order chi connectivity index (χ0) is 24.4. The van der Waals surface area contributed by atoms with Gasteiger partial charge in [0.15, 0.2) is 46.5 Å². The number of benzene rings is 3. The van der Waals surface area contributed by atoms with Crippen LogP contribution in [-0.2, 0) is 19.5 Å². The summed E-state index contributed by atoms with van der Waals surface area (Å²) < 4.78 is 137. The quantitative estimate of drug-likeness (QED) is 0.217. The molecule has 176 valence electrons. The molecule has 0 fully saturated rings. The average molecular weight is 481 g/mol. The van der Waals surface area contributed by atoms with Gasteiger partial charge >= 0.3 is 0 Å². The fourth-order valence-corrected chi connectivity index (χ4v) is 3.17. The van der Waals surface area contributed by atoms with Gasteiger partial charge in [-0.3, -0.25) is 4.90 Å². The molecule has 0 aromatic heterocycles. The van der Waals surface area contributed by atoms with Crippen molar-refractivity contribution in [2.45, 2.75) is 19.5 Å². The Morgan fingerprint density at radius 2 is 0.788 bits per heavy atom. The van der Waals surface area contributed by atoms with Gasteiger partial charge in [0, 0.05) is 30.8 Å². The Labute approximate surface area is 180 Å². The molecule has 0 radical (unpaired) electrons. The number of nitrogens with zero attached hydrogens (tertiary/aromatic N) is 1. The van der Waals surface area contributed by atoms with Gasteiger partial charge in [0.2, 0.25) is 11.6 Å². The molecule has 3 aromatic rings. The van der Waals surface area contributed by atoms with E-state index in [2.05, 4.69) is 0 Å². The Kier molecular flexibility index (Phi) is 7.31. The molecule has 0 aliphatic carbocycles. The molecule has 0 amide bonds. The molecule has 1 nitrogen and oxygen atoms in total. The molecule has 0 saturated carbocycles. The van der Waals surface area contributed by atoms with Crippen LogP contribution in [0.15, 0.2) is 30.3 Å². The molecule has 33 heavy (non-hydrogen) atoms. The normalized spacial score (nSPS) is 11.5. The third kappa shape index (κ3) is 4.82. The van der Waals surface area contributed by atoms with E-state index in [4.69, 9.17) is 0 Å². The van der Waals surface area contributed by atoms with E-state index in [1.807, 2.05) is 0 Å². The van der Waals surface area contributed by atoms with Crippen molar-refractivity contribution >= 4 is 0 Å². The first kappa shape index (κ1) is 24.6. The molecule has 3 rings (SSSR count). The standard InChI is InChI=1S/C22H13F10N/c23-13-11(14(24)18(28)21(31)17(13)27)8-33(7-6-10-4-2-1-3-5-10)9-12-15(25)19(29)22(32)20(30)16(12)26/h1-5H,6-9H2. The SMILES string of the molecule is Fc1c(F)c(F)c(CN(CCc2ccccc2)Cc2c(F)c(F)c(F)c(F)c2F)c(F)c1F. The minimum absolute atomic E-state index is 0.0611. The van der Waals surface area contributed by atoms with Crippen LogP contribution in [0.25, 0.3) is 0 Å². The van der Waals surface area contributed by atoms with E-state index < -0.39 is 82.4 Å². The molecule has 0 spiro atoms. The van der Waals surface area contributed by atoms with Crippen LogP contribution < -0.4 is 0 Å². The molecule has 11 heteroatoms. The maximum absolute atomic E-state index is 14.1. The summed E-state index contributed by atoms with van der Waals surface area (Å²) in [5.41, 5.74) is -2.01. The van der Waals surface area contributed by atoms with E-state index in [9.17, 15) is 43.9 Å². The van der Waals surface area contributed by atoms with Gasteiger partial charge in [-0.05, 0) is 12.0 Å². The highest BCUT2D eigenvalue weighted by molar-refractivity contribution is 5.26. The topological polar surface area (TPSA) is 3.24 Å². The summed E-state index contributed by atoms with van der Waals surface area (Å²) in [7, 11) is 0. The summed E-state index contributed by atoms with van der Waals surface area (Å²) in [5, 5.41) is 0. The van der Waals surface area contributed by atoms with Crippen molar-refractivity contribution in [1.29, 1.82) is 0 Å². The lowest BCUT2D eigenvalue weighted by atomic mass is 10.1. The fourth-order valence-electron chi connectivity index (χ4n) is 3.17. The van der Waals surface area contributed by atoms with E-state index >= 15 is 0 Å². The average Bonchev–Trinajstić information content (AvgIpc) is 2.82. The molecule has 0 atom stereocenters. The van der Waals surface area contributed by atoms with Gasteiger partial charge < -0.3 is 0 Å². The third-order valence-electron chi connectivity index (χ3n) is 4.92. The number of rotatable bonds is 7. The summed E-state index contributed by atoms with van der Waals surface area (Å²) in [4.78, 5) is 0.809. The van der Waals surface area contributed by atoms with Crippen LogP contribution >= 0.6 is 0 Å². The summed E-state index contributed by atoms with van der Waals surface area (Å²) in [6.45, 7) is -2.43. The Bertz CT molecular complexity index is 1050. The Morgan fingerprint density at radius 3 is 1.15 bits per heavy atom. The third-order valence-corrected chi connectivity index (χ3v) is 4.92. The lowest BCUT2D eigenvalue weighted by molar-refractivity contribution is 0.234. The molecule has 0 N–H and O–H groups in total. The maximum Gasteiger partial charge on any atom is 0.200 e. The van der Waals surface area contributed by atoms with E-state index in [-0.39, 0.29) is 13.0 Å². The second kappa shape index (κ2) is 9.82. The summed E-state index contributed by atoms with van der Waals surface area (Å²) in [6, 6.07) is 8.18.